The number of carbonyl (C=O) groups is 1. The van der Waals surface area contributed by atoms with Crippen LogP contribution in [0.15, 0.2) is 48.7 Å². The molecule has 1 aliphatic heterocycles. The summed E-state index contributed by atoms with van der Waals surface area (Å²) in [6.07, 6.45) is 5.26. The number of phenolic OH excluding ortho intramolecular Hbond substituents is 1. The zero-order chi connectivity index (χ0) is 22.8. The fraction of sp³-hybridized carbons (Fsp3) is 0.308. The quantitative estimate of drug-likeness (QED) is 0.268. The molecular weight excluding hydrogens is 434 g/mol. The molecule has 1 aliphatic rings. The minimum absolute atomic E-state index is 0.290. The largest absolute Gasteiger partial charge is 0.508 e. The van der Waals surface area contributed by atoms with Gasteiger partial charge in [-0.25, -0.2) is 4.79 Å². The monoisotopic (exact) mass is 461 g/mol. The van der Waals surface area contributed by atoms with Gasteiger partial charge in [0.25, 0.3) is 0 Å². The number of pyridine rings is 1. The standard InChI is InChI=1S/C26H27N3O3S/c1-2-32-26(31)20-15-27-23-19-8-4-5-9-22(19)33-25(23)24(20)28-18-10-11-21(30)17(14-18)16-29-12-6-3-7-13-29/h4-5,8-11,14-15,30H,2-3,6-7,12-13,16H2,1H3,(H,27,28). The van der Waals surface area contributed by atoms with Crippen molar-refractivity contribution in [2.24, 2.45) is 0 Å². The Morgan fingerprint density at radius 2 is 2.00 bits per heavy atom. The fourth-order valence-corrected chi connectivity index (χ4v) is 5.59. The molecule has 1 saturated heterocycles. The van der Waals surface area contributed by atoms with E-state index >= 15 is 0 Å². The van der Waals surface area contributed by atoms with Crippen molar-refractivity contribution in [1.82, 2.24) is 9.88 Å². The molecule has 3 heterocycles. The maximum absolute atomic E-state index is 12.8. The normalized spacial score (nSPS) is 14.6. The minimum atomic E-state index is -0.404. The second-order valence-electron chi connectivity index (χ2n) is 8.35. The van der Waals surface area contributed by atoms with Crippen LogP contribution < -0.4 is 5.32 Å². The van der Waals surface area contributed by atoms with Crippen molar-refractivity contribution in [3.63, 3.8) is 0 Å². The predicted octanol–water partition coefficient (Wildman–Crippen LogP) is 6.06. The van der Waals surface area contributed by atoms with E-state index in [1.54, 1.807) is 30.5 Å². The Hall–Kier alpha value is -3.16. The molecule has 2 aromatic heterocycles. The summed E-state index contributed by atoms with van der Waals surface area (Å²) in [5.74, 6) is -0.113. The Kier molecular flexibility index (Phi) is 6.15. The predicted molar refractivity (Wildman–Crippen MR) is 134 cm³/mol. The number of aromatic nitrogens is 1. The van der Waals surface area contributed by atoms with Gasteiger partial charge in [-0.1, -0.05) is 24.6 Å². The number of piperidine rings is 1. The molecule has 0 amide bonds. The molecular formula is C26H27N3O3S. The first kappa shape index (κ1) is 21.7. The van der Waals surface area contributed by atoms with Crippen LogP contribution in [0.2, 0.25) is 0 Å². The Bertz CT molecular complexity index is 1310. The molecule has 0 atom stereocenters. The molecule has 33 heavy (non-hydrogen) atoms. The SMILES string of the molecule is CCOC(=O)c1cnc2c(sc3ccccc32)c1Nc1ccc(O)c(CN2CCCCC2)c1. The Morgan fingerprint density at radius 3 is 2.82 bits per heavy atom. The van der Waals surface area contributed by atoms with Crippen LogP contribution >= 0.6 is 11.3 Å². The van der Waals surface area contributed by atoms with E-state index in [0.29, 0.717) is 30.2 Å². The Morgan fingerprint density at radius 1 is 1.18 bits per heavy atom. The number of benzene rings is 2. The van der Waals surface area contributed by atoms with Gasteiger partial charge in [-0.05, 0) is 57.1 Å². The summed E-state index contributed by atoms with van der Waals surface area (Å²) in [4.78, 5) is 19.7. The summed E-state index contributed by atoms with van der Waals surface area (Å²) in [6.45, 7) is 4.90. The van der Waals surface area contributed by atoms with E-state index in [1.807, 2.05) is 30.3 Å². The average molecular weight is 462 g/mol. The first-order chi connectivity index (χ1) is 16.1. The highest BCUT2D eigenvalue weighted by Gasteiger charge is 2.21. The summed E-state index contributed by atoms with van der Waals surface area (Å²) < 4.78 is 7.33. The third-order valence-corrected chi connectivity index (χ3v) is 7.25. The Balaban J connectivity index is 1.56. The number of anilines is 2. The van der Waals surface area contributed by atoms with Gasteiger partial charge in [0.1, 0.15) is 11.3 Å². The van der Waals surface area contributed by atoms with Crippen LogP contribution in [-0.4, -0.2) is 40.7 Å². The molecule has 6 nitrogen and oxygen atoms in total. The summed E-state index contributed by atoms with van der Waals surface area (Å²) in [6, 6.07) is 13.6. The number of carbonyl (C=O) groups excluding carboxylic acids is 1. The van der Waals surface area contributed by atoms with Crippen molar-refractivity contribution in [2.75, 3.05) is 25.0 Å². The second kappa shape index (κ2) is 9.37. The zero-order valence-electron chi connectivity index (χ0n) is 18.6. The van der Waals surface area contributed by atoms with Gasteiger partial charge in [0.2, 0.25) is 0 Å². The van der Waals surface area contributed by atoms with Crippen LogP contribution in [-0.2, 0) is 11.3 Å². The number of likely N-dealkylation sites (tertiary alicyclic amines) is 1. The van der Waals surface area contributed by atoms with Gasteiger partial charge >= 0.3 is 5.97 Å². The molecule has 1 fully saturated rings. The van der Waals surface area contributed by atoms with Gasteiger partial charge in [0.05, 0.1) is 22.5 Å². The topological polar surface area (TPSA) is 74.7 Å². The highest BCUT2D eigenvalue weighted by atomic mass is 32.1. The Labute approximate surface area is 196 Å². The van der Waals surface area contributed by atoms with E-state index in [9.17, 15) is 9.90 Å². The first-order valence-corrected chi connectivity index (χ1v) is 12.2. The smallest absolute Gasteiger partial charge is 0.341 e. The first-order valence-electron chi connectivity index (χ1n) is 11.4. The van der Waals surface area contributed by atoms with Gasteiger partial charge in [0.15, 0.2) is 0 Å². The molecule has 0 bridgehead atoms. The van der Waals surface area contributed by atoms with E-state index in [0.717, 1.165) is 44.6 Å². The number of aromatic hydroxyl groups is 1. The third kappa shape index (κ3) is 4.38. The second-order valence-corrected chi connectivity index (χ2v) is 9.40. The molecule has 0 saturated carbocycles. The molecule has 4 aromatic rings. The highest BCUT2D eigenvalue weighted by Crippen LogP contribution is 2.40. The molecule has 0 spiro atoms. The summed E-state index contributed by atoms with van der Waals surface area (Å²) >= 11 is 1.60. The van der Waals surface area contributed by atoms with Crippen LogP contribution in [0, 0.1) is 0 Å². The van der Waals surface area contributed by atoms with Crippen LogP contribution in [0.5, 0.6) is 5.75 Å². The number of nitrogens with zero attached hydrogens (tertiary/aromatic N) is 2. The number of fused-ring (bicyclic) bond motifs is 3. The van der Waals surface area contributed by atoms with E-state index in [1.165, 1.54) is 19.3 Å². The lowest BCUT2D eigenvalue weighted by Crippen LogP contribution is -2.29. The molecule has 0 radical (unpaired) electrons. The number of thiophene rings is 1. The molecule has 2 aromatic carbocycles. The number of esters is 1. The van der Waals surface area contributed by atoms with Crippen LogP contribution in [0.25, 0.3) is 20.3 Å². The van der Waals surface area contributed by atoms with Crippen LogP contribution in [0.3, 0.4) is 0 Å². The van der Waals surface area contributed by atoms with Crippen molar-refractivity contribution in [3.8, 4) is 5.75 Å². The maximum atomic E-state index is 12.8. The summed E-state index contributed by atoms with van der Waals surface area (Å²) in [5.41, 5.74) is 3.64. The average Bonchev–Trinajstić information content (AvgIpc) is 3.21. The lowest BCUT2D eigenvalue weighted by Gasteiger charge is -2.26. The molecule has 7 heteroatoms. The number of hydrogen-bond donors (Lipinski definition) is 2. The van der Waals surface area contributed by atoms with Gasteiger partial charge in [-0.3, -0.25) is 9.88 Å². The maximum Gasteiger partial charge on any atom is 0.341 e. The van der Waals surface area contributed by atoms with Crippen molar-refractivity contribution in [2.45, 2.75) is 32.7 Å². The number of nitrogens with one attached hydrogen (secondary N) is 1. The van der Waals surface area contributed by atoms with Crippen LogP contribution in [0.4, 0.5) is 11.4 Å². The van der Waals surface area contributed by atoms with Crippen molar-refractivity contribution in [3.05, 3.63) is 59.8 Å². The van der Waals surface area contributed by atoms with Gasteiger partial charge in [-0.2, -0.15) is 0 Å². The molecule has 0 aliphatic carbocycles. The molecule has 5 rings (SSSR count). The lowest BCUT2D eigenvalue weighted by molar-refractivity contribution is 0.0527. The molecule has 170 valence electrons. The molecule has 2 N–H and O–H groups in total. The minimum Gasteiger partial charge on any atom is -0.508 e. The van der Waals surface area contributed by atoms with Crippen LogP contribution in [0.1, 0.15) is 42.1 Å². The zero-order valence-corrected chi connectivity index (χ0v) is 19.5. The van der Waals surface area contributed by atoms with Gasteiger partial charge in [0, 0.05) is 34.1 Å². The van der Waals surface area contributed by atoms with E-state index < -0.39 is 5.97 Å². The van der Waals surface area contributed by atoms with E-state index in [2.05, 4.69) is 21.3 Å². The number of ether oxygens (including phenoxy) is 1. The van der Waals surface area contributed by atoms with Crippen molar-refractivity contribution < 1.29 is 14.6 Å². The van der Waals surface area contributed by atoms with Crippen molar-refractivity contribution in [1.29, 1.82) is 0 Å². The van der Waals surface area contributed by atoms with E-state index in [-0.39, 0.29) is 0 Å². The van der Waals surface area contributed by atoms with Gasteiger partial charge < -0.3 is 15.2 Å². The lowest BCUT2D eigenvalue weighted by atomic mass is 10.1. The molecule has 0 unspecified atom stereocenters. The number of phenols is 1. The highest BCUT2D eigenvalue weighted by molar-refractivity contribution is 7.26. The van der Waals surface area contributed by atoms with Gasteiger partial charge in [-0.15, -0.1) is 11.3 Å². The third-order valence-electron chi connectivity index (χ3n) is 6.08. The summed E-state index contributed by atoms with van der Waals surface area (Å²) in [5, 5.41) is 15.0. The fourth-order valence-electron chi connectivity index (χ4n) is 4.43. The van der Waals surface area contributed by atoms with E-state index in [4.69, 9.17) is 4.74 Å². The number of rotatable bonds is 6. The van der Waals surface area contributed by atoms with Crippen molar-refractivity contribution >= 4 is 49.0 Å². The summed E-state index contributed by atoms with van der Waals surface area (Å²) in [7, 11) is 0. The number of hydrogen-bond acceptors (Lipinski definition) is 7.